The minimum atomic E-state index is -0.0708. The van der Waals surface area contributed by atoms with Gasteiger partial charge in [-0.2, -0.15) is 5.26 Å². The van der Waals surface area contributed by atoms with E-state index in [1.807, 2.05) is 13.0 Å². The molecular weight excluding hydrogens is 250 g/mol. The Hall–Kier alpha value is -1.50. The molecule has 1 atom stereocenters. The van der Waals surface area contributed by atoms with Crippen LogP contribution in [0.3, 0.4) is 0 Å². The highest BCUT2D eigenvalue weighted by Crippen LogP contribution is 2.27. The second-order valence-corrected chi connectivity index (χ2v) is 5.82. The van der Waals surface area contributed by atoms with E-state index in [4.69, 9.17) is 5.26 Å². The number of carbonyl (C=O) groups excluding carboxylic acids is 1. The van der Waals surface area contributed by atoms with Gasteiger partial charge in [0.25, 0.3) is 0 Å². The summed E-state index contributed by atoms with van der Waals surface area (Å²) in [5.41, 5.74) is 0. The lowest BCUT2D eigenvalue weighted by Crippen LogP contribution is -2.42. The van der Waals surface area contributed by atoms with Crippen LogP contribution in [0.4, 0.5) is 4.79 Å². The van der Waals surface area contributed by atoms with E-state index < -0.39 is 0 Å². The average molecular weight is 277 g/mol. The van der Waals surface area contributed by atoms with Gasteiger partial charge in [-0.05, 0) is 57.8 Å². The van der Waals surface area contributed by atoms with Gasteiger partial charge >= 0.3 is 6.03 Å². The number of urea groups is 1. The molecule has 0 heterocycles. The first-order valence-electron chi connectivity index (χ1n) is 7.70. The number of hydrogen-bond donors (Lipinski definition) is 2. The zero-order valence-electron chi connectivity index (χ0n) is 12.5. The van der Waals surface area contributed by atoms with Crippen LogP contribution in [-0.2, 0) is 0 Å². The van der Waals surface area contributed by atoms with Crippen LogP contribution in [0.15, 0.2) is 12.7 Å². The predicted octanol–water partition coefficient (Wildman–Crippen LogP) is 3.36. The normalized spacial score (nSPS) is 23.4. The third kappa shape index (κ3) is 6.60. The van der Waals surface area contributed by atoms with Crippen LogP contribution in [0.1, 0.15) is 51.9 Å². The van der Waals surface area contributed by atoms with Crippen molar-refractivity contribution in [3.8, 4) is 6.07 Å². The Morgan fingerprint density at radius 1 is 1.45 bits per heavy atom. The second-order valence-electron chi connectivity index (χ2n) is 5.82. The molecule has 0 spiro atoms. The number of nitrogens with one attached hydrogen (secondary N) is 2. The maximum absolute atomic E-state index is 11.8. The third-order valence-corrected chi connectivity index (χ3v) is 4.00. The molecule has 1 aliphatic carbocycles. The fourth-order valence-electron chi connectivity index (χ4n) is 2.65. The van der Waals surface area contributed by atoms with Crippen molar-refractivity contribution in [2.45, 2.75) is 57.9 Å². The van der Waals surface area contributed by atoms with Crippen LogP contribution >= 0.6 is 0 Å². The molecule has 0 aliphatic heterocycles. The van der Waals surface area contributed by atoms with Gasteiger partial charge in [0.2, 0.25) is 0 Å². The van der Waals surface area contributed by atoms with Crippen molar-refractivity contribution in [2.75, 3.05) is 6.54 Å². The van der Waals surface area contributed by atoms with Crippen molar-refractivity contribution in [2.24, 2.45) is 11.8 Å². The van der Waals surface area contributed by atoms with Crippen LogP contribution in [0.25, 0.3) is 0 Å². The number of rotatable bonds is 7. The summed E-state index contributed by atoms with van der Waals surface area (Å²) in [5.74, 6) is 0.756. The van der Waals surface area contributed by atoms with Crippen molar-refractivity contribution in [1.29, 1.82) is 5.26 Å². The van der Waals surface area contributed by atoms with Gasteiger partial charge in [0.05, 0.1) is 6.07 Å². The van der Waals surface area contributed by atoms with Crippen LogP contribution in [0.2, 0.25) is 0 Å². The van der Waals surface area contributed by atoms with Gasteiger partial charge in [0, 0.05) is 18.5 Å². The molecule has 2 N–H and O–H groups in total. The Morgan fingerprint density at radius 2 is 2.15 bits per heavy atom. The van der Waals surface area contributed by atoms with Gasteiger partial charge < -0.3 is 10.6 Å². The number of allylic oxidation sites excluding steroid dienone is 1. The standard InChI is InChI=1S/C16H27N3O/c1-3-4-5-6-13(2)19-16(20)18-12-15-9-7-14(11-17)8-10-15/h3,13-15H,1,4-10,12H2,2H3,(H2,18,19,20). The molecule has 0 aromatic heterocycles. The Labute approximate surface area is 122 Å². The quantitative estimate of drug-likeness (QED) is 0.553. The number of carbonyl (C=O) groups is 1. The Bertz CT molecular complexity index is 340. The lowest BCUT2D eigenvalue weighted by Gasteiger charge is -2.25. The Kier molecular flexibility index (Phi) is 7.79. The van der Waals surface area contributed by atoms with Crippen LogP contribution in [0, 0.1) is 23.2 Å². The zero-order chi connectivity index (χ0) is 14.8. The monoisotopic (exact) mass is 277 g/mol. The number of nitriles is 1. The Balaban J connectivity index is 2.11. The molecule has 4 heteroatoms. The molecule has 0 bridgehead atoms. The molecule has 2 amide bonds. The molecule has 1 saturated carbocycles. The van der Waals surface area contributed by atoms with Crippen molar-refractivity contribution >= 4 is 6.03 Å². The first-order valence-corrected chi connectivity index (χ1v) is 7.70. The van der Waals surface area contributed by atoms with Crippen LogP contribution in [0.5, 0.6) is 0 Å². The maximum atomic E-state index is 11.8. The van der Waals surface area contributed by atoms with Gasteiger partial charge in [-0.1, -0.05) is 6.08 Å². The highest BCUT2D eigenvalue weighted by atomic mass is 16.2. The second kappa shape index (κ2) is 9.41. The molecule has 1 rings (SSSR count). The topological polar surface area (TPSA) is 64.9 Å². The van der Waals surface area contributed by atoms with E-state index in [1.165, 1.54) is 0 Å². The van der Waals surface area contributed by atoms with E-state index in [0.29, 0.717) is 5.92 Å². The summed E-state index contributed by atoms with van der Waals surface area (Å²) in [6.45, 7) is 6.45. The first kappa shape index (κ1) is 16.6. The van der Waals surface area contributed by atoms with E-state index in [-0.39, 0.29) is 18.0 Å². The molecule has 0 aromatic rings. The van der Waals surface area contributed by atoms with Crippen LogP contribution in [-0.4, -0.2) is 18.6 Å². The molecule has 112 valence electrons. The van der Waals surface area contributed by atoms with Gasteiger partial charge in [0.15, 0.2) is 0 Å². The summed E-state index contributed by atoms with van der Waals surface area (Å²) >= 11 is 0. The summed E-state index contributed by atoms with van der Waals surface area (Å²) in [6, 6.07) is 2.46. The van der Waals surface area contributed by atoms with Crippen LogP contribution < -0.4 is 10.6 Å². The van der Waals surface area contributed by atoms with Gasteiger partial charge in [-0.15, -0.1) is 6.58 Å². The number of unbranched alkanes of at least 4 members (excludes halogenated alkanes) is 1. The van der Waals surface area contributed by atoms with Crippen molar-refractivity contribution < 1.29 is 4.79 Å². The first-order chi connectivity index (χ1) is 9.65. The van der Waals surface area contributed by atoms with Crippen molar-refractivity contribution in [3.05, 3.63) is 12.7 Å². The van der Waals surface area contributed by atoms with E-state index in [1.54, 1.807) is 0 Å². The summed E-state index contributed by atoms with van der Waals surface area (Å²) in [5, 5.41) is 14.8. The number of nitrogens with zero attached hydrogens (tertiary/aromatic N) is 1. The molecule has 1 fully saturated rings. The highest BCUT2D eigenvalue weighted by molar-refractivity contribution is 5.74. The zero-order valence-corrected chi connectivity index (χ0v) is 12.5. The third-order valence-electron chi connectivity index (χ3n) is 4.00. The maximum Gasteiger partial charge on any atom is 0.315 e. The van der Waals surface area contributed by atoms with Crippen molar-refractivity contribution in [3.63, 3.8) is 0 Å². The highest BCUT2D eigenvalue weighted by Gasteiger charge is 2.21. The van der Waals surface area contributed by atoms with E-state index in [9.17, 15) is 4.79 Å². The van der Waals surface area contributed by atoms with E-state index >= 15 is 0 Å². The fraction of sp³-hybridized carbons (Fsp3) is 0.750. The molecule has 1 unspecified atom stereocenters. The lowest BCUT2D eigenvalue weighted by molar-refractivity contribution is 0.231. The lowest BCUT2D eigenvalue weighted by atomic mass is 9.83. The van der Waals surface area contributed by atoms with Gasteiger partial charge in [-0.3, -0.25) is 0 Å². The largest absolute Gasteiger partial charge is 0.338 e. The van der Waals surface area contributed by atoms with E-state index in [0.717, 1.165) is 51.5 Å². The number of amides is 2. The number of hydrogen-bond acceptors (Lipinski definition) is 2. The van der Waals surface area contributed by atoms with Gasteiger partial charge in [0.1, 0.15) is 0 Å². The van der Waals surface area contributed by atoms with E-state index in [2.05, 4.69) is 23.3 Å². The molecule has 1 aliphatic rings. The fourth-order valence-corrected chi connectivity index (χ4v) is 2.65. The molecule has 0 radical (unpaired) electrons. The molecule has 0 saturated heterocycles. The SMILES string of the molecule is C=CCCCC(C)NC(=O)NCC1CCC(C#N)CC1. The molecule has 20 heavy (non-hydrogen) atoms. The van der Waals surface area contributed by atoms with Crippen molar-refractivity contribution in [1.82, 2.24) is 10.6 Å². The average Bonchev–Trinajstić information content (AvgIpc) is 2.46. The molecule has 0 aromatic carbocycles. The summed E-state index contributed by atoms with van der Waals surface area (Å²) in [4.78, 5) is 11.8. The minimum Gasteiger partial charge on any atom is -0.338 e. The van der Waals surface area contributed by atoms with Gasteiger partial charge in [-0.25, -0.2) is 4.79 Å². The molecular formula is C16H27N3O. The molecule has 4 nitrogen and oxygen atoms in total. The summed E-state index contributed by atoms with van der Waals surface area (Å²) in [6.07, 6.45) is 8.99. The predicted molar refractivity (Wildman–Crippen MR) is 81.1 cm³/mol. The smallest absolute Gasteiger partial charge is 0.315 e. The summed E-state index contributed by atoms with van der Waals surface area (Å²) in [7, 11) is 0. The Morgan fingerprint density at radius 3 is 2.75 bits per heavy atom. The minimum absolute atomic E-state index is 0.0708. The summed E-state index contributed by atoms with van der Waals surface area (Å²) < 4.78 is 0.